The maximum atomic E-state index is 12.4. The Bertz CT molecular complexity index is 990. The molecule has 0 saturated heterocycles. The summed E-state index contributed by atoms with van der Waals surface area (Å²) in [4.78, 5) is 24.4. The molecular weight excluding hydrogens is 530 g/mol. The number of rotatable bonds is 10. The van der Waals surface area contributed by atoms with Crippen molar-refractivity contribution in [1.82, 2.24) is 16.2 Å². The van der Waals surface area contributed by atoms with Gasteiger partial charge in [-0.25, -0.2) is 0 Å². The van der Waals surface area contributed by atoms with Crippen LogP contribution in [0.4, 0.5) is 0 Å². The molecule has 7 nitrogen and oxygen atoms in total. The largest absolute Gasteiger partial charge is 0.492 e. The van der Waals surface area contributed by atoms with E-state index in [0.29, 0.717) is 33.2 Å². The average Bonchev–Trinajstić information content (AvgIpc) is 2.77. The van der Waals surface area contributed by atoms with Gasteiger partial charge in [0, 0.05) is 10.6 Å². The number of unbranched alkanes of at least 4 members (excludes halogenated alkanes) is 3. The summed E-state index contributed by atoms with van der Waals surface area (Å²) in [5.74, 6) is 0.324. The molecule has 2 rings (SSSR count). The molecule has 0 spiro atoms. The van der Waals surface area contributed by atoms with Gasteiger partial charge >= 0.3 is 0 Å². The summed E-state index contributed by atoms with van der Waals surface area (Å²) in [7, 11) is 0. The Balaban J connectivity index is 1.75. The topological polar surface area (TPSA) is 88.7 Å². The molecule has 0 atom stereocenters. The fourth-order valence-corrected chi connectivity index (χ4v) is 3.62. The number of hydrogen-bond donors (Lipinski definition) is 3. The Kier molecular flexibility index (Phi) is 11.4. The first-order valence-corrected chi connectivity index (χ1v) is 12.1. The first-order chi connectivity index (χ1) is 15.8. The number of benzene rings is 2. The minimum Gasteiger partial charge on any atom is -0.492 e. The van der Waals surface area contributed by atoms with Gasteiger partial charge in [0.15, 0.2) is 11.7 Å². The molecule has 2 aromatic carbocycles. The van der Waals surface area contributed by atoms with Crippen LogP contribution in [0.1, 0.15) is 48.5 Å². The number of carbonyl (C=O) groups excluding carboxylic acids is 2. The molecule has 0 radical (unpaired) electrons. The van der Waals surface area contributed by atoms with Gasteiger partial charge in [-0.1, -0.05) is 37.8 Å². The molecule has 3 N–H and O–H groups in total. The second-order valence-electron chi connectivity index (χ2n) is 7.21. The third-order valence-corrected chi connectivity index (χ3v) is 5.55. The van der Waals surface area contributed by atoms with Gasteiger partial charge in [0.25, 0.3) is 11.8 Å². The van der Waals surface area contributed by atoms with Crippen LogP contribution < -0.4 is 25.6 Å². The van der Waals surface area contributed by atoms with Crippen molar-refractivity contribution in [2.24, 2.45) is 0 Å². The van der Waals surface area contributed by atoms with E-state index in [4.69, 9.17) is 33.3 Å². The zero-order valence-electron chi connectivity index (χ0n) is 18.5. The fourth-order valence-electron chi connectivity index (χ4n) is 2.76. The Morgan fingerprint density at radius 3 is 2.48 bits per heavy atom. The van der Waals surface area contributed by atoms with E-state index >= 15 is 0 Å². The van der Waals surface area contributed by atoms with E-state index in [1.807, 2.05) is 6.92 Å². The summed E-state index contributed by atoms with van der Waals surface area (Å²) >= 11 is 14.4. The summed E-state index contributed by atoms with van der Waals surface area (Å²) in [6.45, 7) is 4.37. The molecule has 33 heavy (non-hydrogen) atoms. The van der Waals surface area contributed by atoms with Crippen LogP contribution in [0.3, 0.4) is 0 Å². The van der Waals surface area contributed by atoms with Crippen LogP contribution in [-0.2, 0) is 4.79 Å². The van der Waals surface area contributed by atoms with Gasteiger partial charge in [0.05, 0.1) is 11.1 Å². The van der Waals surface area contributed by atoms with Crippen LogP contribution in [0.25, 0.3) is 0 Å². The molecular formula is C23H27BrClN3O4S. The lowest BCUT2D eigenvalue weighted by molar-refractivity contribution is -0.123. The van der Waals surface area contributed by atoms with Crippen molar-refractivity contribution in [2.45, 2.75) is 39.5 Å². The van der Waals surface area contributed by atoms with Gasteiger partial charge in [-0.2, -0.15) is 0 Å². The molecule has 10 heteroatoms. The van der Waals surface area contributed by atoms with E-state index in [1.165, 1.54) is 12.8 Å². The number of carbonyl (C=O) groups is 2. The molecule has 0 aliphatic carbocycles. The molecule has 0 bridgehead atoms. The van der Waals surface area contributed by atoms with Crippen molar-refractivity contribution in [3.8, 4) is 11.5 Å². The molecule has 2 amide bonds. The molecule has 0 aromatic heterocycles. The van der Waals surface area contributed by atoms with Gasteiger partial charge < -0.3 is 9.47 Å². The summed E-state index contributed by atoms with van der Waals surface area (Å²) < 4.78 is 11.9. The summed E-state index contributed by atoms with van der Waals surface area (Å²) in [6, 6.07) is 10.1. The predicted octanol–water partition coefficient (Wildman–Crippen LogP) is 5.08. The minimum absolute atomic E-state index is 0.0524. The molecule has 178 valence electrons. The minimum atomic E-state index is -0.468. The van der Waals surface area contributed by atoms with Gasteiger partial charge in [-0.3, -0.25) is 25.8 Å². The van der Waals surface area contributed by atoms with Crippen LogP contribution in [0.2, 0.25) is 5.02 Å². The SMILES string of the molecule is CCCCCCOc1ccc(C(=O)NC(=S)NNC(=O)COc2ccc(Cl)cc2C)cc1Br. The summed E-state index contributed by atoms with van der Waals surface area (Å²) in [6.07, 6.45) is 4.47. The number of hydrogen-bond acceptors (Lipinski definition) is 5. The Morgan fingerprint density at radius 1 is 1.03 bits per heavy atom. The molecule has 0 unspecified atom stereocenters. The summed E-state index contributed by atoms with van der Waals surface area (Å²) in [5.41, 5.74) is 6.05. The first kappa shape index (κ1) is 26.9. The average molecular weight is 557 g/mol. The van der Waals surface area contributed by atoms with E-state index in [9.17, 15) is 9.59 Å². The van der Waals surface area contributed by atoms with Gasteiger partial charge in [0.1, 0.15) is 11.5 Å². The molecule has 0 saturated carbocycles. The monoisotopic (exact) mass is 555 g/mol. The zero-order valence-corrected chi connectivity index (χ0v) is 21.7. The van der Waals surface area contributed by atoms with Crippen molar-refractivity contribution < 1.29 is 19.1 Å². The lowest BCUT2D eigenvalue weighted by Crippen LogP contribution is -2.49. The van der Waals surface area contributed by atoms with Crippen LogP contribution in [-0.4, -0.2) is 30.1 Å². The van der Waals surface area contributed by atoms with Crippen molar-refractivity contribution in [1.29, 1.82) is 0 Å². The third-order valence-electron chi connectivity index (χ3n) is 4.49. The predicted molar refractivity (Wildman–Crippen MR) is 137 cm³/mol. The first-order valence-electron chi connectivity index (χ1n) is 10.5. The third kappa shape index (κ3) is 9.57. The second kappa shape index (κ2) is 14.0. The number of halogens is 2. The van der Waals surface area contributed by atoms with Crippen LogP contribution >= 0.6 is 39.7 Å². The maximum absolute atomic E-state index is 12.4. The van der Waals surface area contributed by atoms with Crippen LogP contribution in [0.15, 0.2) is 40.9 Å². The van der Waals surface area contributed by atoms with E-state index in [2.05, 4.69) is 39.0 Å². The highest BCUT2D eigenvalue weighted by Crippen LogP contribution is 2.26. The number of aryl methyl sites for hydroxylation is 1. The van der Waals surface area contributed by atoms with Gasteiger partial charge in [-0.15, -0.1) is 0 Å². The van der Waals surface area contributed by atoms with E-state index in [1.54, 1.807) is 36.4 Å². The highest BCUT2D eigenvalue weighted by molar-refractivity contribution is 9.10. The smallest absolute Gasteiger partial charge is 0.276 e. The summed E-state index contributed by atoms with van der Waals surface area (Å²) in [5, 5.41) is 3.04. The van der Waals surface area contributed by atoms with E-state index < -0.39 is 11.8 Å². The Labute approximate surface area is 212 Å². The highest BCUT2D eigenvalue weighted by Gasteiger charge is 2.12. The molecule has 0 heterocycles. The van der Waals surface area contributed by atoms with E-state index in [-0.39, 0.29) is 11.7 Å². The number of nitrogens with one attached hydrogen (secondary N) is 3. The molecule has 0 aliphatic heterocycles. The van der Waals surface area contributed by atoms with Crippen LogP contribution in [0.5, 0.6) is 11.5 Å². The number of ether oxygens (including phenoxy) is 2. The Morgan fingerprint density at radius 2 is 1.79 bits per heavy atom. The van der Waals surface area contributed by atoms with Crippen molar-refractivity contribution in [2.75, 3.05) is 13.2 Å². The lowest BCUT2D eigenvalue weighted by atomic mass is 10.2. The van der Waals surface area contributed by atoms with Gasteiger partial charge in [-0.05, 0) is 83.5 Å². The lowest BCUT2D eigenvalue weighted by Gasteiger charge is -2.13. The normalized spacial score (nSPS) is 10.3. The number of thiocarbonyl (C=S) groups is 1. The molecule has 0 aliphatic rings. The number of hydrazine groups is 1. The van der Waals surface area contributed by atoms with Crippen LogP contribution in [0, 0.1) is 6.92 Å². The molecule has 0 fully saturated rings. The highest BCUT2D eigenvalue weighted by atomic mass is 79.9. The molecule has 2 aromatic rings. The number of amides is 2. The van der Waals surface area contributed by atoms with E-state index in [0.717, 1.165) is 18.4 Å². The zero-order chi connectivity index (χ0) is 24.2. The van der Waals surface area contributed by atoms with Crippen molar-refractivity contribution in [3.63, 3.8) is 0 Å². The fraction of sp³-hybridized carbons (Fsp3) is 0.348. The van der Waals surface area contributed by atoms with Gasteiger partial charge in [0.2, 0.25) is 0 Å². The standard InChI is InChI=1S/C23H27BrClN3O4S/c1-3-4-5-6-11-31-20-9-7-16(13-18(20)24)22(30)26-23(33)28-27-21(29)14-32-19-10-8-17(25)12-15(19)2/h7-10,12-13H,3-6,11,14H2,1-2H3,(H,27,29)(H2,26,28,30,33). The van der Waals surface area contributed by atoms with Crippen molar-refractivity contribution >= 4 is 56.7 Å². The maximum Gasteiger partial charge on any atom is 0.276 e. The second-order valence-corrected chi connectivity index (χ2v) is 8.91. The Hall–Kier alpha value is -2.36. The van der Waals surface area contributed by atoms with Crippen molar-refractivity contribution in [3.05, 3.63) is 57.0 Å². The quantitative estimate of drug-likeness (QED) is 0.215.